The quantitative estimate of drug-likeness (QED) is 0.452. The average Bonchev–Trinajstić information content (AvgIpc) is 2.90. The summed E-state index contributed by atoms with van der Waals surface area (Å²) in [5, 5.41) is 20.4. The molecule has 3 aromatic rings. The second kappa shape index (κ2) is 4.75. The van der Waals surface area contributed by atoms with Gasteiger partial charge in [-0.1, -0.05) is 0 Å². The predicted molar refractivity (Wildman–Crippen MR) is 74.4 cm³/mol. The minimum absolute atomic E-state index is 0.0618. The number of aromatic hydroxyl groups is 1. The summed E-state index contributed by atoms with van der Waals surface area (Å²) in [5.41, 5.74) is 0.705. The second-order valence-corrected chi connectivity index (χ2v) is 4.47. The van der Waals surface area contributed by atoms with Gasteiger partial charge < -0.3 is 9.52 Å². The van der Waals surface area contributed by atoms with Crippen LogP contribution in [0.1, 0.15) is 16.1 Å². The largest absolute Gasteiger partial charge is 0.508 e. The molecule has 0 amide bonds. The zero-order valence-electron chi connectivity index (χ0n) is 10.6. The van der Waals surface area contributed by atoms with Gasteiger partial charge in [-0.05, 0) is 36.4 Å². The molecule has 0 atom stereocenters. The fourth-order valence-corrected chi connectivity index (χ4v) is 2.01. The Morgan fingerprint density at radius 1 is 1.10 bits per heavy atom. The molecule has 0 bridgehead atoms. The normalized spacial score (nSPS) is 10.7. The number of nitrogens with zero attached hydrogens (tertiary/aromatic N) is 1. The Kier molecular flexibility index (Phi) is 2.91. The van der Waals surface area contributed by atoms with E-state index >= 15 is 0 Å². The number of phenols is 1. The molecule has 0 saturated carbocycles. The average molecular weight is 283 g/mol. The summed E-state index contributed by atoms with van der Waals surface area (Å²) in [6, 6.07) is 11.4. The first-order chi connectivity index (χ1) is 10.0. The van der Waals surface area contributed by atoms with Gasteiger partial charge in [-0.25, -0.2) is 0 Å². The number of carbonyl (C=O) groups is 1. The highest BCUT2D eigenvalue weighted by Gasteiger charge is 2.16. The third-order valence-corrected chi connectivity index (χ3v) is 3.06. The van der Waals surface area contributed by atoms with Crippen LogP contribution < -0.4 is 0 Å². The first-order valence-corrected chi connectivity index (χ1v) is 6.06. The Labute approximate surface area is 118 Å². The number of rotatable bonds is 3. The molecule has 1 N–H and O–H groups in total. The lowest BCUT2D eigenvalue weighted by atomic mass is 10.1. The number of non-ortho nitro benzene ring substituents is 1. The van der Waals surface area contributed by atoms with Crippen molar-refractivity contribution in [3.8, 4) is 5.75 Å². The van der Waals surface area contributed by atoms with Crippen molar-refractivity contribution in [3.63, 3.8) is 0 Å². The zero-order chi connectivity index (χ0) is 15.0. The van der Waals surface area contributed by atoms with Crippen LogP contribution in [-0.4, -0.2) is 15.8 Å². The van der Waals surface area contributed by atoms with E-state index in [1.165, 1.54) is 48.5 Å². The summed E-state index contributed by atoms with van der Waals surface area (Å²) in [7, 11) is 0. The van der Waals surface area contributed by atoms with Crippen molar-refractivity contribution in [3.05, 3.63) is 70.0 Å². The van der Waals surface area contributed by atoms with E-state index in [0.29, 0.717) is 16.5 Å². The van der Waals surface area contributed by atoms with Gasteiger partial charge in [0.15, 0.2) is 5.76 Å². The van der Waals surface area contributed by atoms with Crippen molar-refractivity contribution < 1.29 is 19.2 Å². The molecule has 2 aromatic carbocycles. The third kappa shape index (κ3) is 2.34. The number of fused-ring (bicyclic) bond motifs is 1. The van der Waals surface area contributed by atoms with Crippen molar-refractivity contribution in [1.82, 2.24) is 0 Å². The third-order valence-electron chi connectivity index (χ3n) is 3.06. The molecule has 104 valence electrons. The van der Waals surface area contributed by atoms with Crippen LogP contribution in [0.4, 0.5) is 5.69 Å². The van der Waals surface area contributed by atoms with Crippen molar-refractivity contribution in [1.29, 1.82) is 0 Å². The van der Waals surface area contributed by atoms with Crippen LogP contribution in [0.15, 0.2) is 52.9 Å². The predicted octanol–water partition coefficient (Wildman–Crippen LogP) is 3.28. The Bertz CT molecular complexity index is 848. The van der Waals surface area contributed by atoms with Crippen LogP contribution in [0.25, 0.3) is 11.0 Å². The van der Waals surface area contributed by atoms with Crippen LogP contribution in [0.2, 0.25) is 0 Å². The van der Waals surface area contributed by atoms with E-state index < -0.39 is 4.92 Å². The summed E-state index contributed by atoms with van der Waals surface area (Å²) in [4.78, 5) is 22.5. The van der Waals surface area contributed by atoms with Gasteiger partial charge in [0.1, 0.15) is 11.3 Å². The van der Waals surface area contributed by atoms with Gasteiger partial charge in [-0.2, -0.15) is 0 Å². The number of hydrogen-bond donors (Lipinski definition) is 1. The number of hydrogen-bond acceptors (Lipinski definition) is 5. The zero-order valence-corrected chi connectivity index (χ0v) is 10.6. The lowest BCUT2D eigenvalue weighted by molar-refractivity contribution is -0.384. The summed E-state index contributed by atoms with van der Waals surface area (Å²) >= 11 is 0. The minimum atomic E-state index is -0.506. The molecule has 1 aromatic heterocycles. The summed E-state index contributed by atoms with van der Waals surface area (Å²) in [5.74, 6) is -0.197. The van der Waals surface area contributed by atoms with Crippen molar-refractivity contribution >= 4 is 22.4 Å². The van der Waals surface area contributed by atoms with E-state index in [1.54, 1.807) is 0 Å². The Hall–Kier alpha value is -3.15. The molecule has 0 unspecified atom stereocenters. The molecule has 21 heavy (non-hydrogen) atoms. The van der Waals surface area contributed by atoms with Gasteiger partial charge in [0, 0.05) is 23.1 Å². The summed E-state index contributed by atoms with van der Waals surface area (Å²) in [6.45, 7) is 0. The molecule has 0 saturated heterocycles. The number of nitro groups is 1. The number of phenolic OH excluding ortho intramolecular Hbond substituents is 1. The number of ketones is 1. The molecule has 6 nitrogen and oxygen atoms in total. The molecule has 0 aliphatic carbocycles. The highest BCUT2D eigenvalue weighted by Crippen LogP contribution is 2.25. The maximum atomic E-state index is 12.2. The van der Waals surface area contributed by atoms with E-state index in [9.17, 15) is 20.0 Å². The molecule has 0 fully saturated rings. The van der Waals surface area contributed by atoms with Gasteiger partial charge in [0.25, 0.3) is 5.69 Å². The highest BCUT2D eigenvalue weighted by molar-refractivity contribution is 6.09. The van der Waals surface area contributed by atoms with Crippen LogP contribution in [0.3, 0.4) is 0 Å². The van der Waals surface area contributed by atoms with Crippen molar-refractivity contribution in [2.75, 3.05) is 0 Å². The van der Waals surface area contributed by atoms with E-state index in [4.69, 9.17) is 4.42 Å². The fourth-order valence-electron chi connectivity index (χ4n) is 2.01. The van der Waals surface area contributed by atoms with Gasteiger partial charge in [0.05, 0.1) is 4.92 Å². The Morgan fingerprint density at radius 3 is 2.48 bits per heavy atom. The van der Waals surface area contributed by atoms with Crippen LogP contribution >= 0.6 is 0 Å². The van der Waals surface area contributed by atoms with Gasteiger partial charge >= 0.3 is 0 Å². The monoisotopic (exact) mass is 283 g/mol. The Morgan fingerprint density at radius 2 is 1.81 bits per heavy atom. The summed E-state index contributed by atoms with van der Waals surface area (Å²) < 4.78 is 5.41. The molecular formula is C15H9NO5. The van der Waals surface area contributed by atoms with E-state index in [1.807, 2.05) is 0 Å². The smallest absolute Gasteiger partial charge is 0.270 e. The first kappa shape index (κ1) is 12.9. The first-order valence-electron chi connectivity index (χ1n) is 6.06. The number of carbonyl (C=O) groups excluding carboxylic acids is 1. The van der Waals surface area contributed by atoms with Crippen LogP contribution in [0.5, 0.6) is 5.75 Å². The van der Waals surface area contributed by atoms with Crippen molar-refractivity contribution in [2.45, 2.75) is 0 Å². The molecule has 0 radical (unpaired) electrons. The summed E-state index contributed by atoms with van der Waals surface area (Å²) in [6.07, 6.45) is 0. The molecule has 1 heterocycles. The van der Waals surface area contributed by atoms with Gasteiger partial charge in [0.2, 0.25) is 5.78 Å². The molecule has 0 aliphatic heterocycles. The number of furan rings is 1. The van der Waals surface area contributed by atoms with E-state index in [0.717, 1.165) is 0 Å². The maximum absolute atomic E-state index is 12.2. The standard InChI is InChI=1S/C15H9NO5/c17-12-4-1-9(2-5-12)15(18)14-8-10-7-11(16(19)20)3-6-13(10)21-14/h1-8,17H. The van der Waals surface area contributed by atoms with Crippen LogP contribution in [0, 0.1) is 10.1 Å². The second-order valence-electron chi connectivity index (χ2n) is 4.47. The minimum Gasteiger partial charge on any atom is -0.508 e. The SMILES string of the molecule is O=C(c1ccc(O)cc1)c1cc2cc([N+](=O)[O-])ccc2o1. The molecule has 0 aliphatic rings. The molecule has 0 spiro atoms. The molecular weight excluding hydrogens is 274 g/mol. The van der Waals surface area contributed by atoms with E-state index in [2.05, 4.69) is 0 Å². The lowest BCUT2D eigenvalue weighted by Crippen LogP contribution is -1.98. The number of nitro benzene ring substituents is 1. The molecule has 3 rings (SSSR count). The van der Waals surface area contributed by atoms with Gasteiger partial charge in [-0.3, -0.25) is 14.9 Å². The topological polar surface area (TPSA) is 93.6 Å². The maximum Gasteiger partial charge on any atom is 0.270 e. The lowest BCUT2D eigenvalue weighted by Gasteiger charge is -1.97. The molecule has 6 heteroatoms. The Balaban J connectivity index is 2.02. The van der Waals surface area contributed by atoms with Crippen LogP contribution in [-0.2, 0) is 0 Å². The number of benzene rings is 2. The van der Waals surface area contributed by atoms with Gasteiger partial charge in [-0.15, -0.1) is 0 Å². The highest BCUT2D eigenvalue weighted by atomic mass is 16.6. The fraction of sp³-hybridized carbons (Fsp3) is 0. The van der Waals surface area contributed by atoms with Crippen molar-refractivity contribution in [2.24, 2.45) is 0 Å². The van der Waals surface area contributed by atoms with E-state index in [-0.39, 0.29) is 23.0 Å².